The van der Waals surface area contributed by atoms with E-state index in [-0.39, 0.29) is 0 Å². The Bertz CT molecular complexity index is 330. The Morgan fingerprint density at radius 2 is 2.50 bits per heavy atom. The minimum atomic E-state index is 0.486. The van der Waals surface area contributed by atoms with Gasteiger partial charge in [-0.05, 0) is 39.9 Å². The molecule has 1 unspecified atom stereocenters. The summed E-state index contributed by atoms with van der Waals surface area (Å²) in [5.41, 5.74) is 2.79. The molecule has 0 saturated heterocycles. The lowest BCUT2D eigenvalue weighted by Gasteiger charge is -2.11. The Hall–Kier alpha value is -0.0600. The van der Waals surface area contributed by atoms with E-state index < -0.39 is 0 Å². The van der Waals surface area contributed by atoms with Crippen molar-refractivity contribution in [3.05, 3.63) is 28.0 Å². The summed E-state index contributed by atoms with van der Waals surface area (Å²) >= 11 is 5.33. The lowest BCUT2D eigenvalue weighted by atomic mass is 10.1. The summed E-state index contributed by atoms with van der Waals surface area (Å²) in [6.45, 7) is 2.16. The fourth-order valence-corrected chi connectivity index (χ4v) is 2.95. The Morgan fingerprint density at radius 1 is 1.64 bits per heavy atom. The van der Waals surface area contributed by atoms with Crippen LogP contribution in [0.1, 0.15) is 30.5 Å². The van der Waals surface area contributed by atoms with Crippen molar-refractivity contribution in [3.63, 3.8) is 0 Å². The van der Waals surface area contributed by atoms with Crippen molar-refractivity contribution in [1.82, 2.24) is 9.71 Å². The van der Waals surface area contributed by atoms with E-state index in [1.807, 2.05) is 12.4 Å². The van der Waals surface area contributed by atoms with Crippen LogP contribution in [0.4, 0.5) is 0 Å². The molecule has 0 radical (unpaired) electrons. The van der Waals surface area contributed by atoms with E-state index in [1.54, 1.807) is 11.9 Å². The number of aromatic nitrogens is 1. The molecule has 0 spiro atoms. The van der Waals surface area contributed by atoms with E-state index in [4.69, 9.17) is 0 Å². The van der Waals surface area contributed by atoms with Crippen molar-refractivity contribution < 1.29 is 0 Å². The number of halogens is 1. The number of nitrogens with zero attached hydrogens (tertiary/aromatic N) is 1. The zero-order valence-electron chi connectivity index (χ0n) is 8.09. The first kappa shape index (κ1) is 10.5. The monoisotopic (exact) mass is 272 g/mol. The molecule has 0 fully saturated rings. The van der Waals surface area contributed by atoms with E-state index in [2.05, 4.69) is 32.6 Å². The predicted octanol–water partition coefficient (Wildman–Crippen LogP) is 3.09. The second kappa shape index (κ2) is 4.64. The standard InChI is InChI=1S/C10H13BrN2S/c1-2-14-13-10-4-3-7-8(10)5-12-6-9(7)11/h5-6,10,13H,2-4H2,1H3. The number of nitrogens with one attached hydrogen (secondary N) is 1. The molecule has 1 heterocycles. The fourth-order valence-electron chi connectivity index (χ4n) is 1.79. The molecule has 1 N–H and O–H groups in total. The van der Waals surface area contributed by atoms with Crippen LogP contribution in [0.2, 0.25) is 0 Å². The van der Waals surface area contributed by atoms with Crippen LogP contribution >= 0.6 is 27.9 Å². The smallest absolute Gasteiger partial charge is 0.0443 e. The molecule has 1 atom stereocenters. The normalized spacial score (nSPS) is 19.7. The van der Waals surface area contributed by atoms with Crippen LogP contribution in [-0.2, 0) is 6.42 Å². The highest BCUT2D eigenvalue weighted by Crippen LogP contribution is 2.35. The van der Waals surface area contributed by atoms with Gasteiger partial charge in [0.15, 0.2) is 0 Å². The second-order valence-electron chi connectivity index (χ2n) is 3.33. The third-order valence-electron chi connectivity index (χ3n) is 2.47. The van der Waals surface area contributed by atoms with Gasteiger partial charge in [-0.15, -0.1) is 0 Å². The van der Waals surface area contributed by atoms with Gasteiger partial charge in [-0.3, -0.25) is 9.71 Å². The van der Waals surface area contributed by atoms with Crippen molar-refractivity contribution in [3.8, 4) is 0 Å². The third kappa shape index (κ3) is 1.97. The largest absolute Gasteiger partial charge is 0.263 e. The minimum Gasteiger partial charge on any atom is -0.263 e. The van der Waals surface area contributed by atoms with Crippen molar-refractivity contribution in [2.45, 2.75) is 25.8 Å². The molecule has 0 saturated carbocycles. The molecule has 4 heteroatoms. The number of pyridine rings is 1. The van der Waals surface area contributed by atoms with Crippen LogP contribution in [0.3, 0.4) is 0 Å². The van der Waals surface area contributed by atoms with Crippen LogP contribution in [0.25, 0.3) is 0 Å². The van der Waals surface area contributed by atoms with E-state index in [9.17, 15) is 0 Å². The Labute approximate surface area is 97.1 Å². The molecule has 2 rings (SSSR count). The van der Waals surface area contributed by atoms with Gasteiger partial charge in [0.2, 0.25) is 0 Å². The molecule has 14 heavy (non-hydrogen) atoms. The highest BCUT2D eigenvalue weighted by Gasteiger charge is 2.23. The average Bonchev–Trinajstić information content (AvgIpc) is 2.60. The molecule has 1 aliphatic carbocycles. The molecule has 76 valence electrons. The predicted molar refractivity (Wildman–Crippen MR) is 64.3 cm³/mol. The molecule has 1 aromatic heterocycles. The van der Waals surface area contributed by atoms with Gasteiger partial charge in [-0.1, -0.05) is 18.9 Å². The highest BCUT2D eigenvalue weighted by atomic mass is 79.9. The summed E-state index contributed by atoms with van der Waals surface area (Å²) in [5, 5.41) is 0. The zero-order valence-corrected chi connectivity index (χ0v) is 10.5. The molecule has 1 aromatic rings. The Morgan fingerprint density at radius 3 is 3.29 bits per heavy atom. The maximum atomic E-state index is 4.22. The lowest BCUT2D eigenvalue weighted by molar-refractivity contribution is 0.666. The molecule has 2 nitrogen and oxygen atoms in total. The lowest BCUT2D eigenvalue weighted by Crippen LogP contribution is -2.11. The molecule has 0 aliphatic heterocycles. The third-order valence-corrected chi connectivity index (χ3v) is 3.89. The maximum Gasteiger partial charge on any atom is 0.0443 e. The molecule has 1 aliphatic rings. The number of fused-ring (bicyclic) bond motifs is 1. The number of hydrogen-bond donors (Lipinski definition) is 1. The van der Waals surface area contributed by atoms with E-state index in [0.717, 1.165) is 16.6 Å². The van der Waals surface area contributed by atoms with Gasteiger partial charge in [0.25, 0.3) is 0 Å². The van der Waals surface area contributed by atoms with Crippen LogP contribution in [0, 0.1) is 0 Å². The minimum absolute atomic E-state index is 0.486. The first-order valence-corrected chi connectivity index (χ1v) is 6.60. The summed E-state index contributed by atoms with van der Waals surface area (Å²) in [6, 6.07) is 0.486. The van der Waals surface area contributed by atoms with E-state index >= 15 is 0 Å². The summed E-state index contributed by atoms with van der Waals surface area (Å²) in [4.78, 5) is 4.22. The van der Waals surface area contributed by atoms with Gasteiger partial charge in [-0.25, -0.2) is 0 Å². The Balaban J connectivity index is 2.18. The highest BCUT2D eigenvalue weighted by molar-refractivity contribution is 9.10. The van der Waals surface area contributed by atoms with Gasteiger partial charge in [0.05, 0.1) is 0 Å². The van der Waals surface area contributed by atoms with Gasteiger partial charge in [-0.2, -0.15) is 0 Å². The van der Waals surface area contributed by atoms with Crippen LogP contribution in [0.15, 0.2) is 16.9 Å². The summed E-state index contributed by atoms with van der Waals surface area (Å²) in [6.07, 6.45) is 6.21. The van der Waals surface area contributed by atoms with Crippen molar-refractivity contribution in [1.29, 1.82) is 0 Å². The summed E-state index contributed by atoms with van der Waals surface area (Å²) in [7, 11) is 0. The van der Waals surface area contributed by atoms with E-state index in [0.29, 0.717) is 6.04 Å². The molecular formula is C10H13BrN2S. The van der Waals surface area contributed by atoms with Crippen molar-refractivity contribution in [2.75, 3.05) is 5.75 Å². The molecule has 0 aromatic carbocycles. The van der Waals surface area contributed by atoms with Crippen molar-refractivity contribution in [2.24, 2.45) is 0 Å². The van der Waals surface area contributed by atoms with Gasteiger partial charge in [0.1, 0.15) is 0 Å². The quantitative estimate of drug-likeness (QED) is 0.857. The maximum absolute atomic E-state index is 4.22. The first-order chi connectivity index (χ1) is 6.83. The van der Waals surface area contributed by atoms with Crippen molar-refractivity contribution >= 4 is 27.9 Å². The number of rotatable bonds is 3. The van der Waals surface area contributed by atoms with Gasteiger partial charge < -0.3 is 0 Å². The summed E-state index contributed by atoms with van der Waals surface area (Å²) in [5.74, 6) is 1.10. The summed E-state index contributed by atoms with van der Waals surface area (Å²) < 4.78 is 4.62. The van der Waals surface area contributed by atoms with Gasteiger partial charge in [0, 0.05) is 28.7 Å². The van der Waals surface area contributed by atoms with Gasteiger partial charge >= 0.3 is 0 Å². The molecule has 0 bridgehead atoms. The van der Waals surface area contributed by atoms with E-state index in [1.165, 1.54) is 17.5 Å². The SMILES string of the molecule is CCSNC1CCc2c(Br)cncc21. The topological polar surface area (TPSA) is 24.9 Å². The second-order valence-corrected chi connectivity index (χ2v) is 5.29. The van der Waals surface area contributed by atoms with Crippen LogP contribution in [0.5, 0.6) is 0 Å². The molecular weight excluding hydrogens is 260 g/mol. The van der Waals surface area contributed by atoms with Crippen LogP contribution < -0.4 is 4.72 Å². The zero-order chi connectivity index (χ0) is 9.97. The fraction of sp³-hybridized carbons (Fsp3) is 0.500. The number of hydrogen-bond acceptors (Lipinski definition) is 3. The Kier molecular flexibility index (Phi) is 3.47. The van der Waals surface area contributed by atoms with Crippen LogP contribution in [-0.4, -0.2) is 10.7 Å². The average molecular weight is 273 g/mol. The first-order valence-electron chi connectivity index (χ1n) is 4.82. The molecule has 0 amide bonds.